The van der Waals surface area contributed by atoms with Crippen LogP contribution in [0.3, 0.4) is 0 Å². The van der Waals surface area contributed by atoms with E-state index >= 15 is 0 Å². The second-order valence-electron chi connectivity index (χ2n) is 8.51. The van der Waals surface area contributed by atoms with Crippen LogP contribution < -0.4 is 4.72 Å². The lowest BCUT2D eigenvalue weighted by molar-refractivity contribution is 0.0588. The highest BCUT2D eigenvalue weighted by atomic mass is 35.5. The number of rotatable bonds is 9. The van der Waals surface area contributed by atoms with Gasteiger partial charge in [0, 0.05) is 24.1 Å². The van der Waals surface area contributed by atoms with E-state index in [-0.39, 0.29) is 28.1 Å². The Morgan fingerprint density at radius 1 is 1.16 bits per heavy atom. The van der Waals surface area contributed by atoms with Crippen LogP contribution in [-0.2, 0) is 27.7 Å². The molecule has 4 rings (SSSR count). The van der Waals surface area contributed by atoms with Crippen molar-refractivity contribution in [3.8, 4) is 11.1 Å². The van der Waals surface area contributed by atoms with Crippen LogP contribution in [-0.4, -0.2) is 36.2 Å². The number of benzene rings is 2. The molecule has 0 saturated carbocycles. The minimum Gasteiger partial charge on any atom is -0.464 e. The van der Waals surface area contributed by atoms with Crippen molar-refractivity contribution in [1.82, 2.24) is 14.7 Å². The summed E-state index contributed by atoms with van der Waals surface area (Å²) in [5, 5.41) is 3.89. The zero-order chi connectivity index (χ0) is 26.7. The van der Waals surface area contributed by atoms with E-state index in [4.69, 9.17) is 20.9 Å². The van der Waals surface area contributed by atoms with Crippen molar-refractivity contribution in [3.05, 3.63) is 82.1 Å². The molecule has 0 bridgehead atoms. The molecule has 2 aromatic heterocycles. The first-order chi connectivity index (χ1) is 17.7. The molecule has 0 atom stereocenters. The summed E-state index contributed by atoms with van der Waals surface area (Å²) in [4.78, 5) is 16.9. The first kappa shape index (κ1) is 26.4. The molecule has 0 unspecified atom stereocenters. The van der Waals surface area contributed by atoms with Crippen LogP contribution in [0.4, 0.5) is 5.82 Å². The highest BCUT2D eigenvalue weighted by molar-refractivity contribution is 7.92. The number of imidazole rings is 1. The summed E-state index contributed by atoms with van der Waals surface area (Å²) >= 11 is 6.29. The van der Waals surface area contributed by atoms with E-state index in [0.717, 1.165) is 12.0 Å². The van der Waals surface area contributed by atoms with Crippen molar-refractivity contribution in [2.45, 2.75) is 45.1 Å². The summed E-state index contributed by atoms with van der Waals surface area (Å²) in [6.45, 7) is 5.59. The summed E-state index contributed by atoms with van der Waals surface area (Å²) in [6, 6.07) is 14.4. The number of carbonyl (C=O) groups is 1. The van der Waals surface area contributed by atoms with E-state index in [1.165, 1.54) is 7.11 Å². The van der Waals surface area contributed by atoms with E-state index < -0.39 is 16.0 Å². The fraction of sp³-hybridized carbons (Fsp3) is 0.269. The number of sulfonamides is 1. The van der Waals surface area contributed by atoms with Gasteiger partial charge >= 0.3 is 5.97 Å². The molecule has 9 nitrogen and oxygen atoms in total. The number of esters is 1. The number of ether oxygens (including phenoxy) is 1. The highest BCUT2D eigenvalue weighted by Gasteiger charge is 2.26. The molecule has 0 radical (unpaired) electrons. The van der Waals surface area contributed by atoms with E-state index in [2.05, 4.69) is 14.9 Å². The van der Waals surface area contributed by atoms with Crippen molar-refractivity contribution in [2.24, 2.45) is 0 Å². The minimum absolute atomic E-state index is 0.0441. The van der Waals surface area contributed by atoms with Gasteiger partial charge in [-0.2, -0.15) is 0 Å². The molecule has 0 amide bonds. The lowest BCUT2D eigenvalue weighted by Gasteiger charge is -2.15. The first-order valence-electron chi connectivity index (χ1n) is 11.6. The average molecular weight is 543 g/mol. The summed E-state index contributed by atoms with van der Waals surface area (Å²) in [5.41, 5.74) is 2.59. The molecule has 0 saturated heterocycles. The largest absolute Gasteiger partial charge is 0.464 e. The summed E-state index contributed by atoms with van der Waals surface area (Å²) in [7, 11) is -2.81. The predicted octanol–water partition coefficient (Wildman–Crippen LogP) is 5.40. The Labute approximate surface area is 220 Å². The standard InChI is InChI=1S/C26H27ClN4O5S/c1-5-9-22-28-24(27)23(26(32)35-4)31(22)15-18-12-13-20(19-10-7-6-8-11-19)21(14-18)37(33,34)30-25-16(2)17(3)36-29-25/h6-8,10-14H,5,9,15H2,1-4H3,(H,29,30). The highest BCUT2D eigenvalue weighted by Crippen LogP contribution is 2.31. The number of nitrogens with zero attached hydrogens (tertiary/aromatic N) is 3. The molecule has 0 spiro atoms. The Balaban J connectivity index is 1.84. The quantitative estimate of drug-likeness (QED) is 0.281. The van der Waals surface area contributed by atoms with E-state index in [9.17, 15) is 13.2 Å². The zero-order valence-electron chi connectivity index (χ0n) is 20.9. The van der Waals surface area contributed by atoms with E-state index in [0.29, 0.717) is 34.7 Å². The third-order valence-corrected chi connectivity index (χ3v) is 7.65. The van der Waals surface area contributed by atoms with Crippen molar-refractivity contribution >= 4 is 33.4 Å². The van der Waals surface area contributed by atoms with Crippen LogP contribution in [0.5, 0.6) is 0 Å². The monoisotopic (exact) mass is 542 g/mol. The normalized spacial score (nSPS) is 11.5. The van der Waals surface area contributed by atoms with Gasteiger partial charge in [-0.25, -0.2) is 18.2 Å². The summed E-state index contributed by atoms with van der Waals surface area (Å²) in [6.07, 6.45) is 1.36. The van der Waals surface area contributed by atoms with Gasteiger partial charge in [0.25, 0.3) is 10.0 Å². The molecule has 37 heavy (non-hydrogen) atoms. The average Bonchev–Trinajstić information content (AvgIpc) is 3.36. The van der Waals surface area contributed by atoms with Gasteiger partial charge in [-0.1, -0.05) is 66.1 Å². The van der Waals surface area contributed by atoms with Crippen molar-refractivity contribution in [3.63, 3.8) is 0 Å². The predicted molar refractivity (Wildman–Crippen MR) is 140 cm³/mol. The van der Waals surface area contributed by atoms with Gasteiger partial charge < -0.3 is 13.8 Å². The molecular formula is C26H27ClN4O5S. The van der Waals surface area contributed by atoms with Gasteiger partial charge in [0.2, 0.25) is 0 Å². The van der Waals surface area contributed by atoms with Gasteiger partial charge in [-0.15, -0.1) is 0 Å². The Bertz CT molecular complexity index is 1540. The van der Waals surface area contributed by atoms with Crippen LogP contribution >= 0.6 is 11.6 Å². The van der Waals surface area contributed by atoms with Crippen LogP contribution in [0.1, 0.15) is 46.5 Å². The van der Waals surface area contributed by atoms with Crippen LogP contribution in [0.25, 0.3) is 11.1 Å². The molecule has 0 fully saturated rings. The topological polar surface area (TPSA) is 116 Å². The first-order valence-corrected chi connectivity index (χ1v) is 13.5. The van der Waals surface area contributed by atoms with Gasteiger partial charge in [-0.3, -0.25) is 4.72 Å². The molecule has 194 valence electrons. The van der Waals surface area contributed by atoms with Gasteiger partial charge in [0.1, 0.15) is 11.6 Å². The molecule has 2 heterocycles. The minimum atomic E-state index is -4.08. The molecule has 11 heteroatoms. The third-order valence-electron chi connectivity index (χ3n) is 6.01. The van der Waals surface area contributed by atoms with Gasteiger partial charge in [0.15, 0.2) is 16.7 Å². The number of hydrogen-bond donors (Lipinski definition) is 1. The van der Waals surface area contributed by atoms with Crippen molar-refractivity contribution < 1.29 is 22.5 Å². The molecule has 4 aromatic rings. The van der Waals surface area contributed by atoms with Crippen LogP contribution in [0.2, 0.25) is 5.15 Å². The lowest BCUT2D eigenvalue weighted by Crippen LogP contribution is -2.17. The fourth-order valence-corrected chi connectivity index (χ4v) is 5.58. The number of anilines is 1. The number of methoxy groups -OCH3 is 1. The molecule has 0 aliphatic rings. The number of halogens is 1. The van der Waals surface area contributed by atoms with E-state index in [1.807, 2.05) is 43.3 Å². The molecular weight excluding hydrogens is 516 g/mol. The van der Waals surface area contributed by atoms with Gasteiger partial charge in [0.05, 0.1) is 12.0 Å². The fourth-order valence-electron chi connectivity index (χ4n) is 3.96. The molecule has 1 N–H and O–H groups in total. The van der Waals surface area contributed by atoms with E-state index in [1.54, 1.807) is 30.5 Å². The maximum Gasteiger partial charge on any atom is 0.357 e. The Hall–Kier alpha value is -3.63. The smallest absolute Gasteiger partial charge is 0.357 e. The van der Waals surface area contributed by atoms with Crippen molar-refractivity contribution in [2.75, 3.05) is 11.8 Å². The Morgan fingerprint density at radius 2 is 1.89 bits per heavy atom. The number of aryl methyl sites for hydroxylation is 2. The van der Waals surface area contributed by atoms with Crippen molar-refractivity contribution in [1.29, 1.82) is 0 Å². The van der Waals surface area contributed by atoms with Crippen LogP contribution in [0.15, 0.2) is 57.9 Å². The maximum atomic E-state index is 13.6. The zero-order valence-corrected chi connectivity index (χ0v) is 22.5. The lowest BCUT2D eigenvalue weighted by atomic mass is 10.0. The number of carbonyl (C=O) groups excluding carboxylic acids is 1. The maximum absolute atomic E-state index is 13.6. The number of nitrogens with one attached hydrogen (secondary N) is 1. The summed E-state index contributed by atoms with van der Waals surface area (Å²) in [5.74, 6) is 0.635. The number of hydrogen-bond acceptors (Lipinski definition) is 7. The Kier molecular flexibility index (Phi) is 7.70. The Morgan fingerprint density at radius 3 is 2.51 bits per heavy atom. The van der Waals surface area contributed by atoms with Gasteiger partial charge in [-0.05, 0) is 37.5 Å². The van der Waals surface area contributed by atoms with Crippen LogP contribution in [0, 0.1) is 13.8 Å². The third kappa shape index (κ3) is 5.40. The molecule has 0 aliphatic carbocycles. The number of aromatic nitrogens is 3. The second kappa shape index (κ2) is 10.8. The molecule has 0 aliphatic heterocycles. The second-order valence-corrected chi connectivity index (χ2v) is 10.5. The SMILES string of the molecule is CCCc1nc(Cl)c(C(=O)OC)n1Cc1ccc(-c2ccccc2)c(S(=O)(=O)Nc2noc(C)c2C)c1. The summed E-state index contributed by atoms with van der Waals surface area (Å²) < 4.78 is 41.6. The molecule has 2 aromatic carbocycles.